The van der Waals surface area contributed by atoms with Crippen molar-refractivity contribution in [2.45, 2.75) is 12.8 Å². The van der Waals surface area contributed by atoms with Crippen LogP contribution < -0.4 is 10.6 Å². The Hall–Kier alpha value is -1.84. The Bertz CT molecular complexity index is 388. The molecule has 4 nitrogen and oxygen atoms in total. The van der Waals surface area contributed by atoms with Gasteiger partial charge in [-0.1, -0.05) is 12.1 Å². The molecule has 1 heterocycles. The fourth-order valence-corrected chi connectivity index (χ4v) is 1.59. The first kappa shape index (κ1) is 8.74. The van der Waals surface area contributed by atoms with Gasteiger partial charge in [0, 0.05) is 6.42 Å². The van der Waals surface area contributed by atoms with E-state index in [2.05, 4.69) is 10.6 Å². The quantitative estimate of drug-likeness (QED) is 0.687. The predicted octanol–water partition coefficient (Wildman–Crippen LogP) is 1.14. The van der Waals surface area contributed by atoms with Crippen molar-refractivity contribution in [3.63, 3.8) is 0 Å². The topological polar surface area (TPSA) is 58.2 Å². The van der Waals surface area contributed by atoms with E-state index < -0.39 is 0 Å². The van der Waals surface area contributed by atoms with E-state index in [0.717, 1.165) is 17.7 Å². The molecule has 0 unspecified atom stereocenters. The number of amides is 2. The van der Waals surface area contributed by atoms with E-state index in [4.69, 9.17) is 0 Å². The third-order valence-corrected chi connectivity index (χ3v) is 2.25. The van der Waals surface area contributed by atoms with Crippen LogP contribution >= 0.6 is 0 Å². The van der Waals surface area contributed by atoms with E-state index >= 15 is 0 Å². The van der Waals surface area contributed by atoms with Crippen molar-refractivity contribution in [1.29, 1.82) is 0 Å². The molecule has 0 spiro atoms. The fourth-order valence-electron chi connectivity index (χ4n) is 1.59. The van der Waals surface area contributed by atoms with Crippen molar-refractivity contribution >= 4 is 23.7 Å². The number of hydrogen-bond donors (Lipinski definition) is 2. The lowest BCUT2D eigenvalue weighted by Crippen LogP contribution is -2.20. The van der Waals surface area contributed by atoms with Gasteiger partial charge in [-0.15, -0.1) is 0 Å². The van der Waals surface area contributed by atoms with Crippen LogP contribution in [-0.4, -0.2) is 12.3 Å². The van der Waals surface area contributed by atoms with Gasteiger partial charge in [0.05, 0.1) is 11.4 Å². The number of benzene rings is 1. The summed E-state index contributed by atoms with van der Waals surface area (Å²) in [6, 6.07) is 5.58. The molecule has 1 aliphatic rings. The molecule has 2 amide bonds. The maximum Gasteiger partial charge on any atom is 0.224 e. The monoisotopic (exact) mass is 190 g/mol. The van der Waals surface area contributed by atoms with E-state index in [1.165, 1.54) is 0 Å². The highest BCUT2D eigenvalue weighted by Gasteiger charge is 2.16. The molecule has 2 N–H and O–H groups in total. The van der Waals surface area contributed by atoms with Crippen molar-refractivity contribution in [2.75, 3.05) is 10.6 Å². The van der Waals surface area contributed by atoms with Crippen LogP contribution in [0.2, 0.25) is 0 Å². The molecule has 0 bridgehead atoms. The number of fused-ring (bicyclic) bond motifs is 1. The molecule has 0 atom stereocenters. The summed E-state index contributed by atoms with van der Waals surface area (Å²) < 4.78 is 0. The zero-order valence-electron chi connectivity index (χ0n) is 7.54. The molecule has 72 valence electrons. The molecule has 1 aromatic carbocycles. The van der Waals surface area contributed by atoms with Crippen LogP contribution in [-0.2, 0) is 16.0 Å². The Morgan fingerprint density at radius 3 is 3.00 bits per heavy atom. The van der Waals surface area contributed by atoms with Gasteiger partial charge in [-0.3, -0.25) is 9.59 Å². The van der Waals surface area contributed by atoms with Crippen molar-refractivity contribution in [1.82, 2.24) is 0 Å². The Balaban J connectivity index is 2.42. The number of anilines is 2. The maximum absolute atomic E-state index is 11.2. The lowest BCUT2D eigenvalue weighted by Gasteiger charge is -2.19. The van der Waals surface area contributed by atoms with E-state index in [1.807, 2.05) is 12.1 Å². The number of hydrogen-bond acceptors (Lipinski definition) is 2. The Labute approximate surface area is 81.3 Å². The highest BCUT2D eigenvalue weighted by atomic mass is 16.1. The molecule has 0 fully saturated rings. The molecule has 0 aromatic heterocycles. The third-order valence-electron chi connectivity index (χ3n) is 2.25. The molecule has 4 heteroatoms. The second kappa shape index (κ2) is 3.49. The van der Waals surface area contributed by atoms with Crippen LogP contribution in [0.15, 0.2) is 18.2 Å². The number of carbonyl (C=O) groups excluding carboxylic acids is 2. The molecule has 14 heavy (non-hydrogen) atoms. The minimum Gasteiger partial charge on any atom is -0.327 e. The van der Waals surface area contributed by atoms with Crippen LogP contribution in [0, 0.1) is 0 Å². The number of rotatable bonds is 2. The molecule has 1 aromatic rings. The summed E-state index contributed by atoms with van der Waals surface area (Å²) in [5.74, 6) is -0.00218. The number of aryl methyl sites for hydroxylation is 1. The first-order valence-electron chi connectivity index (χ1n) is 4.43. The van der Waals surface area contributed by atoms with Gasteiger partial charge in [-0.05, 0) is 18.1 Å². The molecule has 0 saturated heterocycles. The second-order valence-corrected chi connectivity index (χ2v) is 3.15. The molecular formula is C10H10N2O2. The van der Waals surface area contributed by atoms with Gasteiger partial charge in [0.25, 0.3) is 0 Å². The van der Waals surface area contributed by atoms with Crippen molar-refractivity contribution in [2.24, 2.45) is 0 Å². The van der Waals surface area contributed by atoms with Gasteiger partial charge in [0.1, 0.15) is 0 Å². The maximum atomic E-state index is 11.2. The normalized spacial score (nSPS) is 14.1. The van der Waals surface area contributed by atoms with E-state index in [0.29, 0.717) is 18.5 Å². The van der Waals surface area contributed by atoms with Crippen LogP contribution in [0.1, 0.15) is 12.0 Å². The largest absolute Gasteiger partial charge is 0.327 e. The van der Waals surface area contributed by atoms with Crippen molar-refractivity contribution in [3.8, 4) is 0 Å². The van der Waals surface area contributed by atoms with Gasteiger partial charge >= 0.3 is 0 Å². The van der Waals surface area contributed by atoms with Gasteiger partial charge in [-0.25, -0.2) is 0 Å². The lowest BCUT2D eigenvalue weighted by atomic mass is 10.0. The molecule has 0 aliphatic carbocycles. The Kier molecular flexibility index (Phi) is 2.18. The second-order valence-electron chi connectivity index (χ2n) is 3.15. The highest BCUT2D eigenvalue weighted by molar-refractivity contribution is 5.99. The summed E-state index contributed by atoms with van der Waals surface area (Å²) in [6.07, 6.45) is 1.85. The molecule has 0 radical (unpaired) electrons. The third kappa shape index (κ3) is 1.46. The standard InChI is InChI=1S/C10H10N2O2/c13-6-11-8-3-1-2-7-4-5-9(14)12-10(7)8/h1-3,6H,4-5H2,(H,11,13)(H,12,14). The minimum absolute atomic E-state index is 0.00218. The number of para-hydroxylation sites is 1. The van der Waals surface area contributed by atoms with Crippen molar-refractivity contribution < 1.29 is 9.59 Å². The number of carbonyl (C=O) groups is 2. The first-order chi connectivity index (χ1) is 6.81. The average molecular weight is 190 g/mol. The summed E-state index contributed by atoms with van der Waals surface area (Å²) in [7, 11) is 0. The summed E-state index contributed by atoms with van der Waals surface area (Å²) in [4.78, 5) is 21.5. The average Bonchev–Trinajstić information content (AvgIpc) is 2.19. The lowest BCUT2D eigenvalue weighted by molar-refractivity contribution is -0.116. The molecule has 0 saturated carbocycles. The zero-order chi connectivity index (χ0) is 9.97. The van der Waals surface area contributed by atoms with Crippen LogP contribution in [0.5, 0.6) is 0 Å². The molecular weight excluding hydrogens is 180 g/mol. The van der Waals surface area contributed by atoms with Crippen LogP contribution in [0.25, 0.3) is 0 Å². The van der Waals surface area contributed by atoms with E-state index in [-0.39, 0.29) is 5.91 Å². The highest BCUT2D eigenvalue weighted by Crippen LogP contribution is 2.29. The summed E-state index contributed by atoms with van der Waals surface area (Å²) >= 11 is 0. The number of nitrogens with one attached hydrogen (secondary N) is 2. The predicted molar refractivity (Wildman–Crippen MR) is 53.1 cm³/mol. The van der Waals surface area contributed by atoms with Gasteiger partial charge in [0.15, 0.2) is 0 Å². The van der Waals surface area contributed by atoms with Crippen molar-refractivity contribution in [3.05, 3.63) is 23.8 Å². The van der Waals surface area contributed by atoms with Crippen LogP contribution in [0.4, 0.5) is 11.4 Å². The van der Waals surface area contributed by atoms with Gasteiger partial charge in [0.2, 0.25) is 12.3 Å². The zero-order valence-corrected chi connectivity index (χ0v) is 7.54. The first-order valence-corrected chi connectivity index (χ1v) is 4.43. The molecule has 1 aliphatic heterocycles. The summed E-state index contributed by atoms with van der Waals surface area (Å²) in [5.41, 5.74) is 2.46. The van der Waals surface area contributed by atoms with Gasteiger partial charge < -0.3 is 10.6 Å². The van der Waals surface area contributed by atoms with Crippen LogP contribution in [0.3, 0.4) is 0 Å². The molecule has 2 rings (SSSR count). The fraction of sp³-hybridized carbons (Fsp3) is 0.200. The Morgan fingerprint density at radius 2 is 2.21 bits per heavy atom. The van der Waals surface area contributed by atoms with Gasteiger partial charge in [-0.2, -0.15) is 0 Å². The summed E-state index contributed by atoms with van der Waals surface area (Å²) in [6.45, 7) is 0. The Morgan fingerprint density at radius 1 is 1.36 bits per heavy atom. The summed E-state index contributed by atoms with van der Waals surface area (Å²) in [5, 5.41) is 5.31. The van der Waals surface area contributed by atoms with E-state index in [9.17, 15) is 9.59 Å². The smallest absolute Gasteiger partial charge is 0.224 e. The SMILES string of the molecule is O=CNc1cccc2c1NC(=O)CC2. The minimum atomic E-state index is -0.00218. The van der Waals surface area contributed by atoms with E-state index in [1.54, 1.807) is 6.07 Å².